The highest BCUT2D eigenvalue weighted by atomic mass is 32.1. The molecule has 0 spiro atoms. The summed E-state index contributed by atoms with van der Waals surface area (Å²) in [5.74, 6) is 0.670. The molecule has 0 saturated heterocycles. The summed E-state index contributed by atoms with van der Waals surface area (Å²) in [6, 6.07) is 0. The van der Waals surface area contributed by atoms with Crippen LogP contribution in [0.25, 0.3) is 0 Å². The van der Waals surface area contributed by atoms with Crippen molar-refractivity contribution in [2.24, 2.45) is 11.7 Å². The number of nitrogens with two attached hydrogens (primary N) is 1. The lowest BCUT2D eigenvalue weighted by atomic mass is 9.70. The summed E-state index contributed by atoms with van der Waals surface area (Å²) in [5, 5.41) is 3.44. The number of nitrogens with zero attached hydrogens (tertiary/aromatic N) is 1. The van der Waals surface area contributed by atoms with Crippen molar-refractivity contribution in [1.29, 1.82) is 0 Å². The van der Waals surface area contributed by atoms with Gasteiger partial charge in [0.1, 0.15) is 0 Å². The number of hydrogen-bond acceptors (Lipinski definition) is 3. The zero-order valence-corrected chi connectivity index (χ0v) is 13.6. The molecule has 2 nitrogen and oxygen atoms in total. The van der Waals surface area contributed by atoms with Crippen molar-refractivity contribution < 1.29 is 0 Å². The van der Waals surface area contributed by atoms with Gasteiger partial charge in [0.2, 0.25) is 0 Å². The Morgan fingerprint density at radius 2 is 2.16 bits per heavy atom. The second-order valence-electron chi connectivity index (χ2n) is 7.14. The zero-order valence-electron chi connectivity index (χ0n) is 12.8. The predicted molar refractivity (Wildman–Crippen MR) is 83.7 cm³/mol. The van der Waals surface area contributed by atoms with Gasteiger partial charge in [-0.25, -0.2) is 4.98 Å². The molecule has 1 aromatic heterocycles. The molecule has 108 valence electrons. The molecule has 0 aliphatic heterocycles. The van der Waals surface area contributed by atoms with Crippen molar-refractivity contribution in [2.75, 3.05) is 0 Å². The first-order valence-electron chi connectivity index (χ1n) is 7.59. The van der Waals surface area contributed by atoms with Crippen molar-refractivity contribution in [3.63, 3.8) is 0 Å². The van der Waals surface area contributed by atoms with Gasteiger partial charge in [-0.05, 0) is 18.8 Å². The van der Waals surface area contributed by atoms with Gasteiger partial charge in [-0.1, -0.05) is 47.0 Å². The van der Waals surface area contributed by atoms with Gasteiger partial charge in [-0.3, -0.25) is 0 Å². The Kier molecular flexibility index (Phi) is 4.36. The highest BCUT2D eigenvalue weighted by Crippen LogP contribution is 2.37. The van der Waals surface area contributed by atoms with E-state index in [0.717, 1.165) is 12.8 Å². The Morgan fingerprint density at radius 1 is 1.42 bits per heavy atom. The van der Waals surface area contributed by atoms with Crippen LogP contribution >= 0.6 is 11.3 Å². The molecule has 1 heterocycles. The monoisotopic (exact) mass is 280 g/mol. The number of aromatic nitrogens is 1. The molecule has 0 radical (unpaired) electrons. The van der Waals surface area contributed by atoms with Crippen LogP contribution in [0, 0.1) is 5.92 Å². The van der Waals surface area contributed by atoms with E-state index >= 15 is 0 Å². The average molecular weight is 280 g/mol. The molecule has 1 fully saturated rings. The molecule has 1 aliphatic rings. The molecule has 1 aromatic rings. The first kappa shape index (κ1) is 15.0. The maximum atomic E-state index is 6.73. The lowest BCUT2D eigenvalue weighted by molar-refractivity contribution is 0.182. The van der Waals surface area contributed by atoms with E-state index in [9.17, 15) is 0 Å². The largest absolute Gasteiger partial charge is 0.324 e. The van der Waals surface area contributed by atoms with Crippen LogP contribution in [0.3, 0.4) is 0 Å². The molecular weight excluding hydrogens is 252 g/mol. The summed E-state index contributed by atoms with van der Waals surface area (Å²) in [4.78, 5) is 4.83. The molecule has 0 aromatic carbocycles. The quantitative estimate of drug-likeness (QED) is 0.897. The first-order valence-corrected chi connectivity index (χ1v) is 8.47. The second kappa shape index (κ2) is 5.53. The van der Waals surface area contributed by atoms with E-state index in [4.69, 9.17) is 10.7 Å². The molecule has 3 heteroatoms. The van der Waals surface area contributed by atoms with Gasteiger partial charge in [0, 0.05) is 22.8 Å². The number of thiazole rings is 1. The third-order valence-electron chi connectivity index (χ3n) is 4.55. The van der Waals surface area contributed by atoms with Crippen LogP contribution in [-0.4, -0.2) is 10.5 Å². The van der Waals surface area contributed by atoms with E-state index in [1.165, 1.54) is 36.4 Å². The van der Waals surface area contributed by atoms with Crippen LogP contribution in [0.2, 0.25) is 0 Å². The van der Waals surface area contributed by atoms with Gasteiger partial charge in [0.25, 0.3) is 0 Å². The van der Waals surface area contributed by atoms with Crippen molar-refractivity contribution in [3.8, 4) is 0 Å². The SMILES string of the molecule is CCC1CCCCC1(N)Cc1nc(C(C)(C)C)cs1. The van der Waals surface area contributed by atoms with Crippen molar-refractivity contribution in [3.05, 3.63) is 16.1 Å². The minimum absolute atomic E-state index is 0.0139. The molecule has 0 amide bonds. The van der Waals surface area contributed by atoms with Crippen LogP contribution < -0.4 is 5.73 Å². The summed E-state index contributed by atoms with van der Waals surface area (Å²) >= 11 is 1.79. The van der Waals surface area contributed by atoms with Crippen LogP contribution in [0.4, 0.5) is 0 Å². The molecule has 19 heavy (non-hydrogen) atoms. The third-order valence-corrected chi connectivity index (χ3v) is 5.40. The smallest absolute Gasteiger partial charge is 0.0946 e. The Balaban J connectivity index is 2.13. The van der Waals surface area contributed by atoms with Gasteiger partial charge in [-0.2, -0.15) is 0 Å². The van der Waals surface area contributed by atoms with E-state index in [1.54, 1.807) is 11.3 Å². The maximum absolute atomic E-state index is 6.73. The van der Waals surface area contributed by atoms with E-state index in [2.05, 4.69) is 33.1 Å². The molecule has 2 atom stereocenters. The maximum Gasteiger partial charge on any atom is 0.0946 e. The number of rotatable bonds is 3. The van der Waals surface area contributed by atoms with Crippen LogP contribution in [0.5, 0.6) is 0 Å². The Labute approximate surface area is 121 Å². The van der Waals surface area contributed by atoms with E-state index in [0.29, 0.717) is 5.92 Å². The van der Waals surface area contributed by atoms with Crippen molar-refractivity contribution >= 4 is 11.3 Å². The molecule has 1 saturated carbocycles. The van der Waals surface area contributed by atoms with Crippen molar-refractivity contribution in [1.82, 2.24) is 4.98 Å². The molecule has 2 unspecified atom stereocenters. The summed E-state index contributed by atoms with van der Waals surface area (Å²) in [6.07, 6.45) is 7.26. The fourth-order valence-corrected chi connectivity index (χ4v) is 4.35. The summed E-state index contributed by atoms with van der Waals surface area (Å²) in [5.41, 5.74) is 8.07. The molecular formula is C16H28N2S. The van der Waals surface area contributed by atoms with Gasteiger partial charge in [0.05, 0.1) is 10.7 Å². The van der Waals surface area contributed by atoms with Gasteiger partial charge in [-0.15, -0.1) is 11.3 Å². The van der Waals surface area contributed by atoms with Crippen LogP contribution in [0.15, 0.2) is 5.38 Å². The average Bonchev–Trinajstić information content (AvgIpc) is 2.77. The molecule has 2 rings (SSSR count). The fraction of sp³-hybridized carbons (Fsp3) is 0.812. The Hall–Kier alpha value is -0.410. The summed E-state index contributed by atoms with van der Waals surface area (Å²) in [6.45, 7) is 8.94. The van der Waals surface area contributed by atoms with E-state index in [1.807, 2.05) is 0 Å². The minimum atomic E-state index is -0.0139. The van der Waals surface area contributed by atoms with Gasteiger partial charge >= 0.3 is 0 Å². The third kappa shape index (κ3) is 3.38. The molecule has 1 aliphatic carbocycles. The summed E-state index contributed by atoms with van der Waals surface area (Å²) in [7, 11) is 0. The predicted octanol–water partition coefficient (Wildman–Crippen LogP) is 4.28. The molecule has 2 N–H and O–H groups in total. The highest BCUT2D eigenvalue weighted by molar-refractivity contribution is 7.09. The Morgan fingerprint density at radius 3 is 2.74 bits per heavy atom. The van der Waals surface area contributed by atoms with Crippen molar-refractivity contribution in [2.45, 2.75) is 77.2 Å². The lowest BCUT2D eigenvalue weighted by Crippen LogP contribution is -2.50. The van der Waals surface area contributed by atoms with Crippen LogP contribution in [-0.2, 0) is 11.8 Å². The summed E-state index contributed by atoms with van der Waals surface area (Å²) < 4.78 is 0. The van der Waals surface area contributed by atoms with Gasteiger partial charge in [0.15, 0.2) is 0 Å². The zero-order chi connectivity index (χ0) is 14.1. The Bertz CT molecular complexity index is 419. The first-order chi connectivity index (χ1) is 8.85. The normalized spacial score (nSPS) is 28.6. The topological polar surface area (TPSA) is 38.9 Å². The van der Waals surface area contributed by atoms with Crippen LogP contribution in [0.1, 0.15) is 70.5 Å². The standard InChI is InChI=1S/C16H28N2S/c1-5-12-8-6-7-9-16(12,17)10-14-18-13(11-19-14)15(2,3)4/h11-12H,5-10,17H2,1-4H3. The van der Waals surface area contributed by atoms with Gasteiger partial charge < -0.3 is 5.73 Å². The highest BCUT2D eigenvalue weighted by Gasteiger charge is 2.37. The molecule has 0 bridgehead atoms. The fourth-order valence-electron chi connectivity index (χ4n) is 3.20. The second-order valence-corrected chi connectivity index (χ2v) is 8.08. The minimum Gasteiger partial charge on any atom is -0.324 e. The van der Waals surface area contributed by atoms with E-state index in [-0.39, 0.29) is 11.0 Å². The number of hydrogen-bond donors (Lipinski definition) is 1. The lowest BCUT2D eigenvalue weighted by Gasteiger charge is -2.40. The van der Waals surface area contributed by atoms with E-state index < -0.39 is 0 Å².